The molecule has 0 aliphatic carbocycles. The van der Waals surface area contributed by atoms with Crippen molar-refractivity contribution in [2.45, 2.75) is 50.7 Å². The van der Waals surface area contributed by atoms with Crippen LogP contribution in [-0.2, 0) is 0 Å². The van der Waals surface area contributed by atoms with Gasteiger partial charge in [-0.2, -0.15) is 4.98 Å². The molecule has 7 nitrogen and oxygen atoms in total. The zero-order chi connectivity index (χ0) is 22.2. The fourth-order valence-electron chi connectivity index (χ4n) is 5.52. The summed E-state index contributed by atoms with van der Waals surface area (Å²) in [6.45, 7) is 6.37. The second-order valence-electron chi connectivity index (χ2n) is 9.67. The number of piperazine rings is 1. The van der Waals surface area contributed by atoms with E-state index in [4.69, 9.17) is 0 Å². The van der Waals surface area contributed by atoms with Gasteiger partial charge in [-0.3, -0.25) is 0 Å². The zero-order valence-electron chi connectivity index (χ0n) is 19.3. The maximum atomic E-state index is 14.5. The van der Waals surface area contributed by atoms with Gasteiger partial charge in [-0.1, -0.05) is 0 Å². The standard InChI is InChI=1S/C24H34FN7/c1-16-12-17(4-7-22(16)32-10-8-30(2)9-11-32)28-24-26-15-21(25)23(29-24)27-18-13-19-5-6-20(14-18)31(19)3/h4,7,12,15,18-20H,5-6,8-11,13-14H2,1-3H3,(H2,26,27,28,29). The first-order valence-electron chi connectivity index (χ1n) is 11.8. The molecule has 4 heterocycles. The van der Waals surface area contributed by atoms with Gasteiger partial charge in [-0.15, -0.1) is 0 Å². The smallest absolute Gasteiger partial charge is 0.229 e. The van der Waals surface area contributed by atoms with Crippen LogP contribution in [0.2, 0.25) is 0 Å². The van der Waals surface area contributed by atoms with E-state index in [1.165, 1.54) is 30.3 Å². The number of rotatable bonds is 5. The molecule has 8 heteroatoms. The first-order valence-corrected chi connectivity index (χ1v) is 11.8. The Morgan fingerprint density at radius 2 is 1.75 bits per heavy atom. The van der Waals surface area contributed by atoms with Crippen molar-refractivity contribution in [1.82, 2.24) is 19.8 Å². The number of aryl methyl sites for hydroxylation is 1. The monoisotopic (exact) mass is 439 g/mol. The Labute approximate surface area is 190 Å². The van der Waals surface area contributed by atoms with Crippen molar-refractivity contribution in [2.24, 2.45) is 0 Å². The average molecular weight is 440 g/mol. The molecule has 2 atom stereocenters. The summed E-state index contributed by atoms with van der Waals surface area (Å²) in [6, 6.07) is 7.76. The van der Waals surface area contributed by atoms with Crippen molar-refractivity contribution in [3.05, 3.63) is 35.8 Å². The van der Waals surface area contributed by atoms with Gasteiger partial charge in [-0.05, 0) is 70.5 Å². The Bertz CT molecular complexity index is 945. The Morgan fingerprint density at radius 3 is 2.44 bits per heavy atom. The van der Waals surface area contributed by atoms with E-state index in [2.05, 4.69) is 74.5 Å². The van der Waals surface area contributed by atoms with Crippen LogP contribution in [0.3, 0.4) is 0 Å². The lowest BCUT2D eigenvalue weighted by Gasteiger charge is -2.36. The Morgan fingerprint density at radius 1 is 1.03 bits per heavy atom. The highest BCUT2D eigenvalue weighted by atomic mass is 19.1. The molecule has 0 radical (unpaired) electrons. The van der Waals surface area contributed by atoms with Crippen molar-refractivity contribution >= 4 is 23.1 Å². The molecule has 3 aliphatic rings. The molecule has 2 aromatic rings. The molecule has 172 valence electrons. The van der Waals surface area contributed by atoms with Crippen LogP contribution in [0.4, 0.5) is 27.5 Å². The Balaban J connectivity index is 1.26. The predicted molar refractivity (Wildman–Crippen MR) is 127 cm³/mol. The highest BCUT2D eigenvalue weighted by Crippen LogP contribution is 2.35. The predicted octanol–water partition coefficient (Wildman–Crippen LogP) is 3.46. The summed E-state index contributed by atoms with van der Waals surface area (Å²) < 4.78 is 14.5. The lowest BCUT2D eigenvalue weighted by molar-refractivity contribution is 0.168. The number of hydrogen-bond acceptors (Lipinski definition) is 7. The molecule has 2 unspecified atom stereocenters. The van der Waals surface area contributed by atoms with Gasteiger partial charge in [0.05, 0.1) is 6.20 Å². The number of piperidine rings is 1. The summed E-state index contributed by atoms with van der Waals surface area (Å²) in [7, 11) is 4.38. The number of halogens is 1. The van der Waals surface area contributed by atoms with Crippen molar-refractivity contribution in [3.8, 4) is 0 Å². The highest BCUT2D eigenvalue weighted by Gasteiger charge is 2.38. The molecule has 2 N–H and O–H groups in total. The van der Waals surface area contributed by atoms with Gasteiger partial charge in [0.2, 0.25) is 5.95 Å². The van der Waals surface area contributed by atoms with E-state index >= 15 is 0 Å². The van der Waals surface area contributed by atoms with Gasteiger partial charge >= 0.3 is 0 Å². The molecular formula is C24H34FN7. The minimum atomic E-state index is -0.400. The van der Waals surface area contributed by atoms with E-state index in [1.54, 1.807) is 0 Å². The SMILES string of the molecule is Cc1cc(Nc2ncc(F)c(NC3CC4CCC(C3)N4C)n2)ccc1N1CCN(C)CC1. The maximum Gasteiger partial charge on any atom is 0.229 e. The van der Waals surface area contributed by atoms with E-state index < -0.39 is 5.82 Å². The fourth-order valence-corrected chi connectivity index (χ4v) is 5.52. The first kappa shape index (κ1) is 21.4. The van der Waals surface area contributed by atoms with Gasteiger partial charge < -0.3 is 25.3 Å². The Kier molecular flexibility index (Phi) is 5.90. The summed E-state index contributed by atoms with van der Waals surface area (Å²) in [5.41, 5.74) is 3.39. The topological polar surface area (TPSA) is 59.6 Å². The number of nitrogens with zero attached hydrogens (tertiary/aromatic N) is 5. The number of fused-ring (bicyclic) bond motifs is 2. The normalized spacial score (nSPS) is 26.4. The molecule has 0 saturated carbocycles. The van der Waals surface area contributed by atoms with Gasteiger partial charge in [0.15, 0.2) is 11.6 Å². The molecule has 3 saturated heterocycles. The molecule has 2 bridgehead atoms. The number of benzene rings is 1. The average Bonchev–Trinajstić information content (AvgIpc) is 2.97. The summed E-state index contributed by atoms with van der Waals surface area (Å²) in [6.07, 6.45) is 5.80. The first-order chi connectivity index (χ1) is 15.5. The summed E-state index contributed by atoms with van der Waals surface area (Å²) in [5, 5.41) is 6.62. The van der Waals surface area contributed by atoms with E-state index in [0.29, 0.717) is 23.8 Å². The van der Waals surface area contributed by atoms with Crippen molar-refractivity contribution in [1.29, 1.82) is 0 Å². The number of aromatic nitrogens is 2. The number of anilines is 4. The molecular weight excluding hydrogens is 405 g/mol. The molecule has 1 aromatic heterocycles. The summed E-state index contributed by atoms with van der Waals surface area (Å²) >= 11 is 0. The van der Waals surface area contributed by atoms with Crippen molar-refractivity contribution in [2.75, 3.05) is 55.8 Å². The van der Waals surface area contributed by atoms with Crippen LogP contribution in [0.15, 0.2) is 24.4 Å². The lowest BCUT2D eigenvalue weighted by Crippen LogP contribution is -2.44. The molecule has 1 aromatic carbocycles. The molecule has 3 fully saturated rings. The van der Waals surface area contributed by atoms with Crippen LogP contribution in [0.5, 0.6) is 0 Å². The minimum absolute atomic E-state index is 0.256. The van der Waals surface area contributed by atoms with Gasteiger partial charge in [0, 0.05) is 55.7 Å². The third-order valence-electron chi connectivity index (χ3n) is 7.48. The fraction of sp³-hybridized carbons (Fsp3) is 0.583. The molecule has 0 spiro atoms. The van der Waals surface area contributed by atoms with Crippen LogP contribution in [0.1, 0.15) is 31.2 Å². The number of hydrogen-bond donors (Lipinski definition) is 2. The van der Waals surface area contributed by atoms with E-state index in [1.807, 2.05) is 0 Å². The molecule has 3 aliphatic heterocycles. The van der Waals surface area contributed by atoms with Crippen molar-refractivity contribution < 1.29 is 4.39 Å². The largest absolute Gasteiger partial charge is 0.369 e. The second-order valence-corrected chi connectivity index (χ2v) is 9.67. The molecule has 5 rings (SSSR count). The van der Waals surface area contributed by atoms with Gasteiger partial charge in [0.1, 0.15) is 0 Å². The van der Waals surface area contributed by atoms with Crippen LogP contribution in [-0.4, -0.2) is 78.2 Å². The second kappa shape index (κ2) is 8.83. The summed E-state index contributed by atoms with van der Waals surface area (Å²) in [5.74, 6) is 0.308. The quantitative estimate of drug-likeness (QED) is 0.740. The van der Waals surface area contributed by atoms with E-state index in [0.717, 1.165) is 44.7 Å². The van der Waals surface area contributed by atoms with Crippen molar-refractivity contribution in [3.63, 3.8) is 0 Å². The third-order valence-corrected chi connectivity index (χ3v) is 7.48. The van der Waals surface area contributed by atoms with Crippen LogP contribution >= 0.6 is 0 Å². The maximum absolute atomic E-state index is 14.5. The zero-order valence-corrected chi connectivity index (χ0v) is 19.3. The van der Waals surface area contributed by atoms with Gasteiger partial charge in [0.25, 0.3) is 0 Å². The number of likely N-dealkylation sites (N-methyl/N-ethyl adjacent to an activating group) is 1. The number of nitrogens with one attached hydrogen (secondary N) is 2. The third kappa shape index (κ3) is 4.38. The minimum Gasteiger partial charge on any atom is -0.369 e. The van der Waals surface area contributed by atoms with Crippen LogP contribution < -0.4 is 15.5 Å². The highest BCUT2D eigenvalue weighted by molar-refractivity contribution is 5.64. The van der Waals surface area contributed by atoms with Crippen LogP contribution in [0, 0.1) is 12.7 Å². The van der Waals surface area contributed by atoms with E-state index in [-0.39, 0.29) is 6.04 Å². The molecule has 32 heavy (non-hydrogen) atoms. The summed E-state index contributed by atoms with van der Waals surface area (Å²) in [4.78, 5) is 15.9. The molecule has 0 amide bonds. The van der Waals surface area contributed by atoms with Crippen LogP contribution in [0.25, 0.3) is 0 Å². The van der Waals surface area contributed by atoms with E-state index in [9.17, 15) is 4.39 Å². The Hall–Kier alpha value is -2.45. The van der Waals surface area contributed by atoms with Gasteiger partial charge in [-0.25, -0.2) is 9.37 Å². The lowest BCUT2D eigenvalue weighted by atomic mass is 9.98.